The van der Waals surface area contributed by atoms with E-state index in [1.807, 2.05) is 43.3 Å². The number of hydrogen-bond donors (Lipinski definition) is 1. The SMILES string of the molecule is C/C(=C/Cl)COc1ccc(N)c2ccccc12. The van der Waals surface area contributed by atoms with E-state index in [1.54, 1.807) is 0 Å². The lowest BCUT2D eigenvalue weighted by molar-refractivity contribution is 0.356. The van der Waals surface area contributed by atoms with Gasteiger partial charge in [-0.1, -0.05) is 35.9 Å². The molecular weight excluding hydrogens is 234 g/mol. The zero-order chi connectivity index (χ0) is 12.3. The van der Waals surface area contributed by atoms with Crippen molar-refractivity contribution < 1.29 is 4.74 Å². The zero-order valence-electron chi connectivity index (χ0n) is 9.61. The predicted molar refractivity (Wildman–Crippen MR) is 73.5 cm³/mol. The van der Waals surface area contributed by atoms with E-state index < -0.39 is 0 Å². The Labute approximate surface area is 106 Å². The van der Waals surface area contributed by atoms with Crippen molar-refractivity contribution in [2.45, 2.75) is 6.92 Å². The minimum atomic E-state index is 0.484. The molecule has 2 rings (SSSR count). The van der Waals surface area contributed by atoms with Gasteiger partial charge in [-0.25, -0.2) is 0 Å². The molecule has 2 aromatic carbocycles. The van der Waals surface area contributed by atoms with Gasteiger partial charge in [-0.3, -0.25) is 0 Å². The number of hydrogen-bond acceptors (Lipinski definition) is 2. The van der Waals surface area contributed by atoms with E-state index in [0.717, 1.165) is 27.8 Å². The normalized spacial score (nSPS) is 11.8. The van der Waals surface area contributed by atoms with Crippen LogP contribution in [0, 0.1) is 0 Å². The summed E-state index contributed by atoms with van der Waals surface area (Å²) in [5.74, 6) is 0.827. The fourth-order valence-electron chi connectivity index (χ4n) is 1.64. The molecule has 0 saturated heterocycles. The van der Waals surface area contributed by atoms with Gasteiger partial charge < -0.3 is 10.5 Å². The number of nitrogen functional groups attached to an aromatic ring is 1. The standard InChI is InChI=1S/C14H14ClNO/c1-10(8-15)9-17-14-7-6-13(16)11-4-2-3-5-12(11)14/h2-8H,9,16H2,1H3/b10-8-. The molecule has 0 heterocycles. The number of nitrogens with two attached hydrogens (primary N) is 1. The molecule has 88 valence electrons. The average Bonchev–Trinajstić information content (AvgIpc) is 2.38. The molecule has 0 unspecified atom stereocenters. The van der Waals surface area contributed by atoms with Crippen LogP contribution in [0.2, 0.25) is 0 Å². The molecule has 0 aliphatic rings. The number of halogens is 1. The van der Waals surface area contributed by atoms with E-state index in [4.69, 9.17) is 22.1 Å². The van der Waals surface area contributed by atoms with Crippen molar-refractivity contribution in [1.29, 1.82) is 0 Å². The lowest BCUT2D eigenvalue weighted by atomic mass is 10.1. The smallest absolute Gasteiger partial charge is 0.127 e. The average molecular weight is 248 g/mol. The van der Waals surface area contributed by atoms with Gasteiger partial charge in [-0.05, 0) is 24.6 Å². The molecule has 0 bridgehead atoms. The van der Waals surface area contributed by atoms with Crippen molar-refractivity contribution in [3.8, 4) is 5.75 Å². The van der Waals surface area contributed by atoms with E-state index in [1.165, 1.54) is 5.54 Å². The van der Waals surface area contributed by atoms with Crippen molar-refractivity contribution >= 4 is 28.1 Å². The highest BCUT2D eigenvalue weighted by Gasteiger charge is 2.04. The van der Waals surface area contributed by atoms with Gasteiger partial charge in [0, 0.05) is 22.0 Å². The molecule has 2 nitrogen and oxygen atoms in total. The van der Waals surface area contributed by atoms with Crippen LogP contribution in [0.5, 0.6) is 5.75 Å². The summed E-state index contributed by atoms with van der Waals surface area (Å²) < 4.78 is 5.72. The van der Waals surface area contributed by atoms with Gasteiger partial charge in [-0.15, -0.1) is 0 Å². The third-order valence-corrected chi connectivity index (χ3v) is 2.93. The topological polar surface area (TPSA) is 35.2 Å². The number of ether oxygens (including phenoxy) is 1. The van der Waals surface area contributed by atoms with Crippen LogP contribution in [0.1, 0.15) is 6.92 Å². The molecule has 0 aliphatic carbocycles. The van der Waals surface area contributed by atoms with Crippen LogP contribution in [0.25, 0.3) is 10.8 Å². The summed E-state index contributed by atoms with van der Waals surface area (Å²) in [6.07, 6.45) is 0. The first-order chi connectivity index (χ1) is 8.22. The van der Waals surface area contributed by atoms with E-state index >= 15 is 0 Å². The number of anilines is 1. The summed E-state index contributed by atoms with van der Waals surface area (Å²) in [6, 6.07) is 11.7. The van der Waals surface area contributed by atoms with Crippen molar-refractivity contribution in [2.75, 3.05) is 12.3 Å². The van der Waals surface area contributed by atoms with Gasteiger partial charge in [0.05, 0.1) is 0 Å². The van der Waals surface area contributed by atoms with Gasteiger partial charge in [0.2, 0.25) is 0 Å². The number of rotatable bonds is 3. The second kappa shape index (κ2) is 5.11. The van der Waals surface area contributed by atoms with Crippen molar-refractivity contribution in [3.05, 3.63) is 47.5 Å². The van der Waals surface area contributed by atoms with Crippen molar-refractivity contribution in [2.24, 2.45) is 0 Å². The Morgan fingerprint density at radius 1 is 1.24 bits per heavy atom. The highest BCUT2D eigenvalue weighted by molar-refractivity contribution is 6.25. The summed E-state index contributed by atoms with van der Waals surface area (Å²) in [5.41, 5.74) is 9.19. The largest absolute Gasteiger partial charge is 0.489 e. The van der Waals surface area contributed by atoms with Crippen LogP contribution >= 0.6 is 11.6 Å². The molecule has 0 radical (unpaired) electrons. The molecule has 2 aromatic rings. The number of fused-ring (bicyclic) bond motifs is 1. The van der Waals surface area contributed by atoms with Crippen molar-refractivity contribution in [1.82, 2.24) is 0 Å². The monoisotopic (exact) mass is 247 g/mol. The van der Waals surface area contributed by atoms with E-state index in [0.29, 0.717) is 6.61 Å². The minimum Gasteiger partial charge on any atom is -0.489 e. The van der Waals surface area contributed by atoms with Gasteiger partial charge in [0.25, 0.3) is 0 Å². The van der Waals surface area contributed by atoms with Crippen LogP contribution in [0.3, 0.4) is 0 Å². The molecular formula is C14H14ClNO. The lowest BCUT2D eigenvalue weighted by Gasteiger charge is -2.10. The van der Waals surface area contributed by atoms with E-state index in [9.17, 15) is 0 Å². The van der Waals surface area contributed by atoms with Gasteiger partial charge in [0.1, 0.15) is 12.4 Å². The lowest BCUT2D eigenvalue weighted by Crippen LogP contribution is -1.99. The summed E-state index contributed by atoms with van der Waals surface area (Å²) in [7, 11) is 0. The zero-order valence-corrected chi connectivity index (χ0v) is 10.4. The molecule has 3 heteroatoms. The van der Waals surface area contributed by atoms with E-state index in [-0.39, 0.29) is 0 Å². The summed E-state index contributed by atoms with van der Waals surface area (Å²) in [4.78, 5) is 0. The van der Waals surface area contributed by atoms with Crippen LogP contribution < -0.4 is 10.5 Å². The van der Waals surface area contributed by atoms with Crippen LogP contribution in [-0.2, 0) is 0 Å². The van der Waals surface area contributed by atoms with E-state index in [2.05, 4.69) is 0 Å². The quantitative estimate of drug-likeness (QED) is 0.834. The highest BCUT2D eigenvalue weighted by Crippen LogP contribution is 2.30. The van der Waals surface area contributed by atoms with Crippen LogP contribution in [0.15, 0.2) is 47.5 Å². The first kappa shape index (κ1) is 11.8. The molecule has 0 spiro atoms. The Kier molecular flexibility index (Phi) is 3.55. The molecule has 0 amide bonds. The molecule has 0 fully saturated rings. The van der Waals surface area contributed by atoms with Crippen LogP contribution in [-0.4, -0.2) is 6.61 Å². The maximum Gasteiger partial charge on any atom is 0.127 e. The first-order valence-corrected chi connectivity index (χ1v) is 5.82. The van der Waals surface area contributed by atoms with Gasteiger partial charge in [-0.2, -0.15) is 0 Å². The molecule has 0 aliphatic heterocycles. The molecule has 0 aromatic heterocycles. The second-order valence-corrected chi connectivity index (χ2v) is 4.16. The molecule has 17 heavy (non-hydrogen) atoms. The fourth-order valence-corrected chi connectivity index (χ4v) is 1.71. The van der Waals surface area contributed by atoms with Gasteiger partial charge >= 0.3 is 0 Å². The second-order valence-electron chi connectivity index (χ2n) is 3.94. The Morgan fingerprint density at radius 2 is 1.94 bits per heavy atom. The minimum absolute atomic E-state index is 0.484. The Balaban J connectivity index is 2.38. The van der Waals surface area contributed by atoms with Crippen molar-refractivity contribution in [3.63, 3.8) is 0 Å². The van der Waals surface area contributed by atoms with Crippen LogP contribution in [0.4, 0.5) is 5.69 Å². The summed E-state index contributed by atoms with van der Waals surface area (Å²) >= 11 is 5.60. The Bertz CT molecular complexity index is 563. The fraction of sp³-hybridized carbons (Fsp3) is 0.143. The highest BCUT2D eigenvalue weighted by atomic mass is 35.5. The maximum atomic E-state index is 5.92. The summed E-state index contributed by atoms with van der Waals surface area (Å²) in [5, 5.41) is 2.03. The first-order valence-electron chi connectivity index (χ1n) is 5.38. The number of benzene rings is 2. The van der Waals surface area contributed by atoms with Gasteiger partial charge in [0.15, 0.2) is 0 Å². The molecule has 0 saturated carbocycles. The predicted octanol–water partition coefficient (Wildman–Crippen LogP) is 3.94. The third kappa shape index (κ3) is 2.53. The molecule has 0 atom stereocenters. The Morgan fingerprint density at radius 3 is 2.65 bits per heavy atom. The maximum absolute atomic E-state index is 5.92. The summed E-state index contributed by atoms with van der Waals surface area (Å²) in [6.45, 7) is 2.41. The molecule has 2 N–H and O–H groups in total. The Hall–Kier alpha value is -1.67. The third-order valence-electron chi connectivity index (χ3n) is 2.56.